The van der Waals surface area contributed by atoms with Gasteiger partial charge in [0.05, 0.1) is 11.2 Å². The van der Waals surface area contributed by atoms with Crippen LogP contribution in [-0.4, -0.2) is 20.7 Å². The van der Waals surface area contributed by atoms with Crippen molar-refractivity contribution in [1.29, 1.82) is 0 Å². The Morgan fingerprint density at radius 2 is 1.78 bits per heavy atom. The number of furan rings is 1. The second-order valence-electron chi connectivity index (χ2n) is 4.06. The molecule has 1 heterocycles. The number of hydrazine groups is 1. The molecule has 7 nitrogen and oxygen atoms in total. The van der Waals surface area contributed by atoms with Crippen molar-refractivity contribution >= 4 is 15.9 Å². The summed E-state index contributed by atoms with van der Waals surface area (Å²) in [5.74, 6) is -1.53. The zero-order chi connectivity index (χ0) is 17.1. The van der Waals surface area contributed by atoms with Gasteiger partial charge in [-0.15, -0.1) is 18.0 Å². The van der Waals surface area contributed by atoms with Crippen molar-refractivity contribution in [1.82, 2.24) is 10.3 Å². The van der Waals surface area contributed by atoms with E-state index in [1.807, 2.05) is 5.43 Å². The summed E-state index contributed by atoms with van der Waals surface area (Å²) < 4.78 is 68.2. The van der Waals surface area contributed by atoms with Crippen molar-refractivity contribution < 1.29 is 35.5 Å². The Bertz CT molecular complexity index is 770. The highest BCUT2D eigenvalue weighted by Gasteiger charge is 2.31. The van der Waals surface area contributed by atoms with Crippen LogP contribution in [-0.2, 0) is 10.0 Å². The van der Waals surface area contributed by atoms with Gasteiger partial charge in [0.25, 0.3) is 10.0 Å². The van der Waals surface area contributed by atoms with Crippen molar-refractivity contribution in [3.05, 3.63) is 48.4 Å². The highest BCUT2D eigenvalue weighted by molar-refractivity contribution is 7.89. The van der Waals surface area contributed by atoms with E-state index in [2.05, 4.69) is 4.74 Å². The lowest BCUT2D eigenvalue weighted by molar-refractivity contribution is -0.274. The smallest absolute Gasteiger partial charge is 0.459 e. The number of alkyl halides is 3. The van der Waals surface area contributed by atoms with E-state index in [1.54, 1.807) is 4.83 Å². The zero-order valence-corrected chi connectivity index (χ0v) is 11.9. The van der Waals surface area contributed by atoms with Gasteiger partial charge in [-0.2, -0.15) is 0 Å². The molecule has 0 radical (unpaired) electrons. The van der Waals surface area contributed by atoms with Gasteiger partial charge in [0.1, 0.15) is 5.75 Å². The Morgan fingerprint density at radius 3 is 2.30 bits per heavy atom. The summed E-state index contributed by atoms with van der Waals surface area (Å²) >= 11 is 0. The van der Waals surface area contributed by atoms with E-state index in [0.717, 1.165) is 24.3 Å². The number of hydrogen-bond donors (Lipinski definition) is 2. The van der Waals surface area contributed by atoms with Crippen molar-refractivity contribution in [2.24, 2.45) is 0 Å². The maximum atomic E-state index is 12.0. The Morgan fingerprint density at radius 1 is 1.13 bits per heavy atom. The van der Waals surface area contributed by atoms with Gasteiger partial charge in [0, 0.05) is 0 Å². The predicted octanol–water partition coefficient (Wildman–Crippen LogP) is 1.80. The van der Waals surface area contributed by atoms with E-state index < -0.39 is 28.0 Å². The molecule has 1 aromatic heterocycles. The molecule has 1 amide bonds. The lowest BCUT2D eigenvalue weighted by atomic mass is 10.3. The highest BCUT2D eigenvalue weighted by Crippen LogP contribution is 2.23. The van der Waals surface area contributed by atoms with Crippen LogP contribution >= 0.6 is 0 Å². The molecular weight excluding hydrogens is 341 g/mol. The van der Waals surface area contributed by atoms with Gasteiger partial charge >= 0.3 is 12.3 Å². The summed E-state index contributed by atoms with van der Waals surface area (Å²) in [6.07, 6.45) is -3.65. The van der Waals surface area contributed by atoms with Gasteiger partial charge in [0.2, 0.25) is 0 Å². The molecule has 0 aliphatic carbocycles. The molecule has 23 heavy (non-hydrogen) atoms. The number of hydrogen-bond acceptors (Lipinski definition) is 5. The molecule has 0 bridgehead atoms. The van der Waals surface area contributed by atoms with E-state index in [1.165, 1.54) is 18.4 Å². The minimum atomic E-state index is -4.88. The van der Waals surface area contributed by atoms with Crippen molar-refractivity contribution in [2.75, 3.05) is 0 Å². The molecule has 0 fully saturated rings. The van der Waals surface area contributed by atoms with E-state index in [0.29, 0.717) is 0 Å². The third kappa shape index (κ3) is 4.72. The number of rotatable bonds is 5. The standard InChI is InChI=1S/C12H9F3N2O5S/c13-12(14,15)22-8-3-5-9(6-4-8)23(19,20)17-16-11(18)10-2-1-7-21-10/h1-7,17H,(H,16,18). The predicted molar refractivity (Wildman–Crippen MR) is 69.6 cm³/mol. The number of carbonyl (C=O) groups is 1. The van der Waals surface area contributed by atoms with Crippen LogP contribution in [0, 0.1) is 0 Å². The largest absolute Gasteiger partial charge is 0.573 e. The first-order valence-corrected chi connectivity index (χ1v) is 7.37. The summed E-state index contributed by atoms with van der Waals surface area (Å²) in [6.45, 7) is 0. The quantitative estimate of drug-likeness (QED) is 0.802. The fourth-order valence-electron chi connectivity index (χ4n) is 1.46. The fraction of sp³-hybridized carbons (Fsp3) is 0.0833. The number of sulfonamides is 1. The second kappa shape index (κ2) is 6.30. The van der Waals surface area contributed by atoms with Crippen LogP contribution < -0.4 is 15.0 Å². The van der Waals surface area contributed by atoms with Crippen LogP contribution in [0.4, 0.5) is 13.2 Å². The maximum Gasteiger partial charge on any atom is 0.573 e. The molecule has 11 heteroatoms. The average molecular weight is 350 g/mol. The molecule has 0 spiro atoms. The van der Waals surface area contributed by atoms with E-state index in [4.69, 9.17) is 4.42 Å². The van der Waals surface area contributed by atoms with Crippen LogP contribution in [0.25, 0.3) is 0 Å². The Balaban J connectivity index is 2.03. The highest BCUT2D eigenvalue weighted by atomic mass is 32.2. The number of amides is 1. The Kier molecular flexibility index (Phi) is 4.61. The van der Waals surface area contributed by atoms with Crippen molar-refractivity contribution in [3.63, 3.8) is 0 Å². The monoisotopic (exact) mass is 350 g/mol. The molecule has 124 valence electrons. The molecule has 0 aliphatic heterocycles. The normalized spacial score (nSPS) is 12.0. The molecule has 1 aromatic carbocycles. The van der Waals surface area contributed by atoms with Gasteiger partial charge < -0.3 is 9.15 Å². The van der Waals surface area contributed by atoms with Crippen LogP contribution in [0.2, 0.25) is 0 Å². The summed E-state index contributed by atoms with van der Waals surface area (Å²) in [4.78, 5) is 12.9. The Hall–Kier alpha value is -2.53. The number of nitrogens with one attached hydrogen (secondary N) is 2. The number of carbonyl (C=O) groups excluding carboxylic acids is 1. The molecule has 0 saturated heterocycles. The molecule has 0 aliphatic rings. The minimum absolute atomic E-state index is 0.123. The first kappa shape index (κ1) is 16.8. The van der Waals surface area contributed by atoms with Gasteiger partial charge in [-0.25, -0.2) is 8.42 Å². The molecule has 0 atom stereocenters. The van der Waals surface area contributed by atoms with Crippen LogP contribution in [0.1, 0.15) is 10.6 Å². The fourth-order valence-corrected chi connectivity index (χ4v) is 2.30. The third-order valence-electron chi connectivity index (χ3n) is 2.41. The molecule has 2 rings (SSSR count). The lowest BCUT2D eigenvalue weighted by Gasteiger charge is -2.10. The number of benzene rings is 1. The third-order valence-corrected chi connectivity index (χ3v) is 3.68. The van der Waals surface area contributed by atoms with Gasteiger partial charge in [-0.3, -0.25) is 10.2 Å². The van der Waals surface area contributed by atoms with E-state index >= 15 is 0 Å². The maximum absolute atomic E-state index is 12.0. The van der Waals surface area contributed by atoms with Gasteiger partial charge in [-0.1, -0.05) is 0 Å². The molecule has 2 N–H and O–H groups in total. The summed E-state index contributed by atoms with van der Waals surface area (Å²) in [7, 11) is -4.17. The van der Waals surface area contributed by atoms with Crippen LogP contribution in [0.3, 0.4) is 0 Å². The molecular formula is C12H9F3N2O5S. The first-order valence-electron chi connectivity index (χ1n) is 5.89. The topological polar surface area (TPSA) is 97.6 Å². The van der Waals surface area contributed by atoms with Crippen LogP contribution in [0.15, 0.2) is 52.0 Å². The average Bonchev–Trinajstić information content (AvgIpc) is 2.98. The molecule has 2 aromatic rings. The molecule has 0 unspecified atom stereocenters. The van der Waals surface area contributed by atoms with Crippen molar-refractivity contribution in [3.8, 4) is 5.75 Å². The molecule has 0 saturated carbocycles. The minimum Gasteiger partial charge on any atom is -0.459 e. The number of ether oxygens (including phenoxy) is 1. The Labute approximate surface area is 128 Å². The zero-order valence-electron chi connectivity index (χ0n) is 11.1. The summed E-state index contributed by atoms with van der Waals surface area (Å²) in [5.41, 5.74) is 1.89. The van der Waals surface area contributed by atoms with Crippen LogP contribution in [0.5, 0.6) is 5.75 Å². The van der Waals surface area contributed by atoms with Gasteiger partial charge in [-0.05, 0) is 36.4 Å². The van der Waals surface area contributed by atoms with E-state index in [9.17, 15) is 26.4 Å². The summed E-state index contributed by atoms with van der Waals surface area (Å²) in [5, 5.41) is 0. The lowest BCUT2D eigenvalue weighted by Crippen LogP contribution is -2.41. The summed E-state index contributed by atoms with van der Waals surface area (Å²) in [6, 6.07) is 6.19. The van der Waals surface area contributed by atoms with E-state index in [-0.39, 0.29) is 10.7 Å². The second-order valence-corrected chi connectivity index (χ2v) is 5.74. The van der Waals surface area contributed by atoms with Gasteiger partial charge in [0.15, 0.2) is 5.76 Å². The van der Waals surface area contributed by atoms with Crippen molar-refractivity contribution in [2.45, 2.75) is 11.3 Å². The SMILES string of the molecule is O=C(NNS(=O)(=O)c1ccc(OC(F)(F)F)cc1)c1ccco1. The first-order chi connectivity index (χ1) is 10.7. The number of halogens is 3.